The van der Waals surface area contributed by atoms with Gasteiger partial charge in [0.2, 0.25) is 0 Å². The minimum atomic E-state index is 0.116. The summed E-state index contributed by atoms with van der Waals surface area (Å²) in [5, 5.41) is 0.827. The Morgan fingerprint density at radius 3 is 2.90 bits per heavy atom. The molecular formula is C17H25BrO2. The fourth-order valence-corrected chi connectivity index (χ4v) is 3.54. The van der Waals surface area contributed by atoms with Crippen LogP contribution in [0.1, 0.15) is 50.7 Å². The highest BCUT2D eigenvalue weighted by atomic mass is 79.9. The van der Waals surface area contributed by atoms with Gasteiger partial charge in [0.1, 0.15) is 5.75 Å². The molecule has 2 rings (SSSR count). The maximum absolute atomic E-state index is 6.36. The Kier molecular flexibility index (Phi) is 6.37. The molecule has 3 atom stereocenters. The van der Waals surface area contributed by atoms with Crippen molar-refractivity contribution in [3.63, 3.8) is 0 Å². The molecule has 1 saturated carbocycles. The Labute approximate surface area is 131 Å². The number of hydrogen-bond acceptors (Lipinski definition) is 2. The van der Waals surface area contributed by atoms with Crippen molar-refractivity contribution in [2.75, 3.05) is 12.4 Å². The summed E-state index contributed by atoms with van der Waals surface area (Å²) in [6, 6.07) is 8.20. The van der Waals surface area contributed by atoms with Gasteiger partial charge in [0, 0.05) is 5.33 Å². The van der Waals surface area contributed by atoms with Gasteiger partial charge in [-0.25, -0.2) is 0 Å². The van der Waals surface area contributed by atoms with Crippen LogP contribution in [0, 0.1) is 5.92 Å². The molecule has 1 aromatic rings. The van der Waals surface area contributed by atoms with Crippen molar-refractivity contribution < 1.29 is 9.47 Å². The van der Waals surface area contributed by atoms with E-state index in [9.17, 15) is 0 Å². The molecule has 0 heterocycles. The Morgan fingerprint density at radius 2 is 2.20 bits per heavy atom. The Hall–Kier alpha value is -0.540. The Morgan fingerprint density at radius 1 is 1.35 bits per heavy atom. The zero-order valence-corrected chi connectivity index (χ0v) is 14.1. The van der Waals surface area contributed by atoms with E-state index < -0.39 is 0 Å². The van der Waals surface area contributed by atoms with Crippen LogP contribution in [0.4, 0.5) is 0 Å². The molecule has 0 aliphatic heterocycles. The van der Waals surface area contributed by atoms with Crippen LogP contribution in [0.15, 0.2) is 24.3 Å². The third-order valence-corrected chi connectivity index (χ3v) is 4.86. The van der Waals surface area contributed by atoms with Gasteiger partial charge in [-0.3, -0.25) is 0 Å². The molecule has 0 N–H and O–H groups in total. The normalized spacial score (nSPS) is 24.4. The zero-order valence-electron chi connectivity index (χ0n) is 12.5. The predicted octanol–water partition coefficient (Wildman–Crippen LogP) is 5.12. The van der Waals surface area contributed by atoms with Crippen molar-refractivity contribution in [2.45, 2.75) is 51.2 Å². The smallest absolute Gasteiger partial charge is 0.119 e. The van der Waals surface area contributed by atoms with Gasteiger partial charge < -0.3 is 9.47 Å². The third-order valence-electron chi connectivity index (χ3n) is 4.27. The lowest BCUT2D eigenvalue weighted by atomic mass is 9.85. The predicted molar refractivity (Wildman–Crippen MR) is 86.7 cm³/mol. The maximum atomic E-state index is 6.36. The van der Waals surface area contributed by atoms with E-state index in [2.05, 4.69) is 35.0 Å². The first-order valence-electron chi connectivity index (χ1n) is 7.62. The summed E-state index contributed by atoms with van der Waals surface area (Å²) >= 11 is 3.59. The SMILES string of the molecule is CCC1CCCC(OC(CBr)c2cccc(OC)c2)C1. The van der Waals surface area contributed by atoms with Crippen LogP contribution in [0.5, 0.6) is 5.75 Å². The molecule has 20 heavy (non-hydrogen) atoms. The topological polar surface area (TPSA) is 18.5 Å². The molecule has 0 radical (unpaired) electrons. The van der Waals surface area contributed by atoms with Crippen LogP contribution < -0.4 is 4.74 Å². The third kappa shape index (κ3) is 4.23. The molecule has 1 aromatic carbocycles. The monoisotopic (exact) mass is 340 g/mol. The minimum absolute atomic E-state index is 0.116. The van der Waals surface area contributed by atoms with Crippen molar-refractivity contribution in [3.05, 3.63) is 29.8 Å². The average molecular weight is 341 g/mol. The van der Waals surface area contributed by atoms with Crippen molar-refractivity contribution >= 4 is 15.9 Å². The highest BCUT2D eigenvalue weighted by molar-refractivity contribution is 9.09. The number of alkyl halides is 1. The van der Waals surface area contributed by atoms with Gasteiger partial charge in [0.15, 0.2) is 0 Å². The lowest BCUT2D eigenvalue weighted by Gasteiger charge is -2.31. The second kappa shape index (κ2) is 8.04. The molecule has 0 amide bonds. The first kappa shape index (κ1) is 15.8. The molecule has 3 heteroatoms. The summed E-state index contributed by atoms with van der Waals surface area (Å²) in [7, 11) is 1.70. The molecule has 1 aliphatic carbocycles. The van der Waals surface area contributed by atoms with E-state index >= 15 is 0 Å². The number of halogens is 1. The summed E-state index contributed by atoms with van der Waals surface area (Å²) in [6.45, 7) is 2.29. The minimum Gasteiger partial charge on any atom is -0.497 e. The molecule has 3 unspecified atom stereocenters. The van der Waals surface area contributed by atoms with Crippen LogP contribution in [-0.2, 0) is 4.74 Å². The summed E-state index contributed by atoms with van der Waals surface area (Å²) in [5.74, 6) is 1.74. The average Bonchev–Trinajstić information content (AvgIpc) is 2.52. The molecular weight excluding hydrogens is 316 g/mol. The van der Waals surface area contributed by atoms with Gasteiger partial charge in [-0.15, -0.1) is 0 Å². The van der Waals surface area contributed by atoms with E-state index in [1.54, 1.807) is 7.11 Å². The number of ether oxygens (including phenoxy) is 2. The van der Waals surface area contributed by atoms with Crippen molar-refractivity contribution in [3.8, 4) is 5.75 Å². The van der Waals surface area contributed by atoms with Crippen LogP contribution >= 0.6 is 15.9 Å². The quantitative estimate of drug-likeness (QED) is 0.669. The van der Waals surface area contributed by atoms with Crippen molar-refractivity contribution in [2.24, 2.45) is 5.92 Å². The zero-order chi connectivity index (χ0) is 14.4. The van der Waals surface area contributed by atoms with E-state index in [0.29, 0.717) is 6.10 Å². The van der Waals surface area contributed by atoms with Crippen molar-refractivity contribution in [1.82, 2.24) is 0 Å². The number of methoxy groups -OCH3 is 1. The van der Waals surface area contributed by atoms with Gasteiger partial charge in [0.05, 0.1) is 19.3 Å². The molecule has 0 aromatic heterocycles. The standard InChI is InChI=1S/C17H25BrO2/c1-3-13-6-4-9-16(10-13)20-17(12-18)14-7-5-8-15(11-14)19-2/h5,7-8,11,13,16-17H,3-4,6,9-10,12H2,1-2H3. The molecule has 1 fully saturated rings. The van der Waals surface area contributed by atoms with Gasteiger partial charge >= 0.3 is 0 Å². The van der Waals surface area contributed by atoms with Crippen LogP contribution in [0.3, 0.4) is 0 Å². The summed E-state index contributed by atoms with van der Waals surface area (Å²) in [5.41, 5.74) is 1.19. The van der Waals surface area contributed by atoms with Crippen LogP contribution in [0.2, 0.25) is 0 Å². The Balaban J connectivity index is 2.00. The molecule has 2 nitrogen and oxygen atoms in total. The molecule has 0 bridgehead atoms. The summed E-state index contributed by atoms with van der Waals surface area (Å²) < 4.78 is 11.7. The van der Waals surface area contributed by atoms with E-state index in [-0.39, 0.29) is 6.10 Å². The highest BCUT2D eigenvalue weighted by Crippen LogP contribution is 2.33. The van der Waals surface area contributed by atoms with Crippen molar-refractivity contribution in [1.29, 1.82) is 0 Å². The van der Waals surface area contributed by atoms with E-state index in [4.69, 9.17) is 9.47 Å². The fourth-order valence-electron chi connectivity index (χ4n) is 3.01. The molecule has 0 saturated heterocycles. The van der Waals surface area contributed by atoms with E-state index in [1.807, 2.05) is 12.1 Å². The lowest BCUT2D eigenvalue weighted by molar-refractivity contribution is -0.0313. The second-order valence-electron chi connectivity index (χ2n) is 5.62. The molecule has 0 spiro atoms. The highest BCUT2D eigenvalue weighted by Gasteiger charge is 2.24. The summed E-state index contributed by atoms with van der Waals surface area (Å²) in [4.78, 5) is 0. The summed E-state index contributed by atoms with van der Waals surface area (Å²) in [6.07, 6.45) is 6.88. The fraction of sp³-hybridized carbons (Fsp3) is 0.647. The second-order valence-corrected chi connectivity index (χ2v) is 6.27. The van der Waals surface area contributed by atoms with Gasteiger partial charge in [-0.2, -0.15) is 0 Å². The van der Waals surface area contributed by atoms with Crippen LogP contribution in [-0.4, -0.2) is 18.5 Å². The van der Waals surface area contributed by atoms with E-state index in [1.165, 1.54) is 37.7 Å². The maximum Gasteiger partial charge on any atom is 0.119 e. The molecule has 1 aliphatic rings. The van der Waals surface area contributed by atoms with Gasteiger partial charge in [-0.05, 0) is 36.5 Å². The largest absolute Gasteiger partial charge is 0.497 e. The Bertz CT molecular complexity index is 408. The lowest BCUT2D eigenvalue weighted by Crippen LogP contribution is -2.25. The number of hydrogen-bond donors (Lipinski definition) is 0. The van der Waals surface area contributed by atoms with Gasteiger partial charge in [-0.1, -0.05) is 54.2 Å². The van der Waals surface area contributed by atoms with Crippen LogP contribution in [0.25, 0.3) is 0 Å². The number of rotatable bonds is 6. The number of benzene rings is 1. The van der Waals surface area contributed by atoms with Gasteiger partial charge in [0.25, 0.3) is 0 Å². The van der Waals surface area contributed by atoms with E-state index in [0.717, 1.165) is 17.0 Å². The first-order valence-corrected chi connectivity index (χ1v) is 8.74. The molecule has 112 valence electrons. The first-order chi connectivity index (χ1) is 9.76.